The molecule has 0 unspecified atom stereocenters. The summed E-state index contributed by atoms with van der Waals surface area (Å²) in [6.45, 7) is 4.20. The number of H-pyrrole nitrogens is 1. The SMILES string of the molecule is Nc1cc(Cc2cnn(Cc3ccc(N4CCOCC4)cc3)c2)c2nn[nH]c2n1. The van der Waals surface area contributed by atoms with Crippen LogP contribution in [-0.2, 0) is 17.7 Å². The van der Waals surface area contributed by atoms with Crippen LogP contribution in [0.5, 0.6) is 0 Å². The molecule has 3 N–H and O–H groups in total. The average Bonchev–Trinajstić information content (AvgIpc) is 3.38. The molecule has 3 aromatic heterocycles. The number of fused-ring (bicyclic) bond motifs is 1. The number of anilines is 2. The fraction of sp³-hybridized carbons (Fsp3) is 0.300. The van der Waals surface area contributed by atoms with Crippen LogP contribution in [-0.4, -0.2) is 56.5 Å². The zero-order chi connectivity index (χ0) is 19.6. The molecule has 1 saturated heterocycles. The van der Waals surface area contributed by atoms with Crippen molar-refractivity contribution in [1.29, 1.82) is 0 Å². The average molecular weight is 390 g/mol. The minimum absolute atomic E-state index is 0.450. The maximum absolute atomic E-state index is 5.89. The fourth-order valence-corrected chi connectivity index (χ4v) is 3.68. The van der Waals surface area contributed by atoms with Gasteiger partial charge < -0.3 is 15.4 Å². The van der Waals surface area contributed by atoms with Gasteiger partial charge in [-0.3, -0.25) is 4.68 Å². The predicted molar refractivity (Wildman–Crippen MR) is 110 cm³/mol. The molecule has 0 radical (unpaired) electrons. The van der Waals surface area contributed by atoms with Gasteiger partial charge in [-0.2, -0.15) is 5.10 Å². The molecule has 1 fully saturated rings. The Balaban J connectivity index is 1.28. The second-order valence-corrected chi connectivity index (χ2v) is 7.20. The van der Waals surface area contributed by atoms with Crippen molar-refractivity contribution in [2.24, 2.45) is 0 Å². The Morgan fingerprint density at radius 1 is 1.10 bits per heavy atom. The van der Waals surface area contributed by atoms with Crippen molar-refractivity contribution in [2.75, 3.05) is 36.9 Å². The lowest BCUT2D eigenvalue weighted by Gasteiger charge is -2.28. The second-order valence-electron chi connectivity index (χ2n) is 7.20. The first kappa shape index (κ1) is 17.6. The van der Waals surface area contributed by atoms with Crippen molar-refractivity contribution in [2.45, 2.75) is 13.0 Å². The molecular weight excluding hydrogens is 368 g/mol. The zero-order valence-electron chi connectivity index (χ0n) is 16.0. The summed E-state index contributed by atoms with van der Waals surface area (Å²) in [5.74, 6) is 0.450. The van der Waals surface area contributed by atoms with E-state index in [1.807, 2.05) is 16.9 Å². The van der Waals surface area contributed by atoms with E-state index in [-0.39, 0.29) is 0 Å². The van der Waals surface area contributed by atoms with Crippen LogP contribution in [0.3, 0.4) is 0 Å². The molecule has 29 heavy (non-hydrogen) atoms. The lowest BCUT2D eigenvalue weighted by Crippen LogP contribution is -2.36. The molecule has 0 amide bonds. The molecule has 0 atom stereocenters. The number of morpholine rings is 1. The first-order valence-corrected chi connectivity index (χ1v) is 9.64. The Labute approximate surface area is 167 Å². The summed E-state index contributed by atoms with van der Waals surface area (Å²) in [6, 6.07) is 10.5. The number of nitrogens with one attached hydrogen (secondary N) is 1. The molecule has 0 saturated carbocycles. The maximum Gasteiger partial charge on any atom is 0.178 e. The molecule has 0 bridgehead atoms. The standard InChI is InChI=1S/C20H22N8O/c21-18-10-16(19-20(23-18)25-26-24-19)9-15-11-22-28(13-15)12-14-1-3-17(4-2-14)27-5-7-29-8-6-27/h1-4,10-11,13H,5-9,12H2,(H3,21,23,24,25,26). The highest BCUT2D eigenvalue weighted by Crippen LogP contribution is 2.20. The molecule has 0 spiro atoms. The van der Waals surface area contributed by atoms with E-state index in [0.717, 1.165) is 49.5 Å². The highest BCUT2D eigenvalue weighted by molar-refractivity contribution is 5.76. The Morgan fingerprint density at radius 3 is 2.76 bits per heavy atom. The summed E-state index contributed by atoms with van der Waals surface area (Å²) in [6.07, 6.45) is 4.61. The number of aromatic amines is 1. The van der Waals surface area contributed by atoms with Gasteiger partial charge in [0.15, 0.2) is 5.65 Å². The number of ether oxygens (including phenoxy) is 1. The first-order valence-electron chi connectivity index (χ1n) is 9.64. The lowest BCUT2D eigenvalue weighted by molar-refractivity contribution is 0.122. The van der Waals surface area contributed by atoms with Gasteiger partial charge in [0.1, 0.15) is 11.3 Å². The molecular formula is C20H22N8O. The number of pyridine rings is 1. The molecule has 1 aromatic carbocycles. The summed E-state index contributed by atoms with van der Waals surface area (Å²) < 4.78 is 7.37. The van der Waals surface area contributed by atoms with E-state index in [0.29, 0.717) is 17.9 Å². The summed E-state index contributed by atoms with van der Waals surface area (Å²) in [7, 11) is 0. The van der Waals surface area contributed by atoms with Crippen molar-refractivity contribution in [1.82, 2.24) is 30.2 Å². The smallest absolute Gasteiger partial charge is 0.178 e. The Kier molecular flexibility index (Phi) is 4.57. The molecule has 9 nitrogen and oxygen atoms in total. The van der Waals surface area contributed by atoms with Crippen LogP contribution in [0.4, 0.5) is 11.5 Å². The third-order valence-electron chi connectivity index (χ3n) is 5.14. The van der Waals surface area contributed by atoms with Crippen molar-refractivity contribution >= 4 is 22.7 Å². The van der Waals surface area contributed by atoms with Crippen LogP contribution in [0.25, 0.3) is 11.2 Å². The van der Waals surface area contributed by atoms with Gasteiger partial charge in [-0.1, -0.05) is 17.3 Å². The molecule has 1 aliphatic heterocycles. The van der Waals surface area contributed by atoms with Crippen molar-refractivity contribution in [3.63, 3.8) is 0 Å². The van der Waals surface area contributed by atoms with E-state index in [4.69, 9.17) is 10.5 Å². The number of nitrogens with zero attached hydrogens (tertiary/aromatic N) is 6. The van der Waals surface area contributed by atoms with E-state index < -0.39 is 0 Å². The number of nitrogen functional groups attached to an aromatic ring is 1. The Hall–Kier alpha value is -3.46. The lowest BCUT2D eigenvalue weighted by atomic mass is 10.1. The van der Waals surface area contributed by atoms with Gasteiger partial charge in [0.2, 0.25) is 0 Å². The summed E-state index contributed by atoms with van der Waals surface area (Å²) in [4.78, 5) is 6.56. The maximum atomic E-state index is 5.89. The van der Waals surface area contributed by atoms with Crippen LogP contribution in [0.2, 0.25) is 0 Å². The third kappa shape index (κ3) is 3.77. The minimum Gasteiger partial charge on any atom is -0.384 e. The minimum atomic E-state index is 0.450. The second kappa shape index (κ2) is 7.51. The number of benzene rings is 1. The van der Waals surface area contributed by atoms with Gasteiger partial charge >= 0.3 is 0 Å². The molecule has 4 aromatic rings. The largest absolute Gasteiger partial charge is 0.384 e. The number of hydrogen-bond acceptors (Lipinski definition) is 7. The van der Waals surface area contributed by atoms with Gasteiger partial charge in [-0.05, 0) is 34.9 Å². The third-order valence-corrected chi connectivity index (χ3v) is 5.14. The highest BCUT2D eigenvalue weighted by Gasteiger charge is 2.12. The summed E-state index contributed by atoms with van der Waals surface area (Å²) in [5.41, 5.74) is 11.8. The molecule has 9 heteroatoms. The van der Waals surface area contributed by atoms with Gasteiger partial charge in [-0.25, -0.2) is 10.1 Å². The quantitative estimate of drug-likeness (QED) is 0.532. The van der Waals surface area contributed by atoms with E-state index in [9.17, 15) is 0 Å². The van der Waals surface area contributed by atoms with Crippen LogP contribution in [0.15, 0.2) is 42.7 Å². The summed E-state index contributed by atoms with van der Waals surface area (Å²) in [5, 5.41) is 15.2. The Morgan fingerprint density at radius 2 is 1.93 bits per heavy atom. The predicted octanol–water partition coefficient (Wildman–Crippen LogP) is 1.61. The normalized spacial score (nSPS) is 14.6. The number of aromatic nitrogens is 6. The highest BCUT2D eigenvalue weighted by atomic mass is 16.5. The fourth-order valence-electron chi connectivity index (χ4n) is 3.68. The van der Waals surface area contributed by atoms with Crippen molar-refractivity contribution in [3.8, 4) is 0 Å². The molecule has 1 aliphatic rings. The molecule has 148 valence electrons. The van der Waals surface area contributed by atoms with Gasteiger partial charge in [0.05, 0.1) is 26.0 Å². The number of hydrogen-bond donors (Lipinski definition) is 2. The first-order chi connectivity index (χ1) is 14.2. The molecule has 5 rings (SSSR count). The van der Waals surface area contributed by atoms with Crippen molar-refractivity contribution < 1.29 is 4.74 Å². The number of rotatable bonds is 5. The zero-order valence-corrected chi connectivity index (χ0v) is 16.0. The van der Waals surface area contributed by atoms with E-state index in [1.165, 1.54) is 11.3 Å². The van der Waals surface area contributed by atoms with Crippen molar-refractivity contribution in [3.05, 3.63) is 59.4 Å². The Bertz CT molecular complexity index is 1110. The monoisotopic (exact) mass is 390 g/mol. The van der Waals surface area contributed by atoms with Crippen LogP contribution in [0, 0.1) is 0 Å². The molecule has 0 aliphatic carbocycles. The topological polar surface area (TPSA) is 111 Å². The van der Waals surface area contributed by atoms with Crippen LogP contribution >= 0.6 is 0 Å². The van der Waals surface area contributed by atoms with Gasteiger partial charge in [0.25, 0.3) is 0 Å². The van der Waals surface area contributed by atoms with Gasteiger partial charge in [0, 0.05) is 31.4 Å². The van der Waals surface area contributed by atoms with E-state index in [2.05, 4.69) is 60.9 Å². The van der Waals surface area contributed by atoms with Crippen LogP contribution < -0.4 is 10.6 Å². The summed E-state index contributed by atoms with van der Waals surface area (Å²) >= 11 is 0. The number of nitrogens with two attached hydrogens (primary N) is 1. The molecule has 4 heterocycles. The van der Waals surface area contributed by atoms with E-state index >= 15 is 0 Å². The van der Waals surface area contributed by atoms with E-state index in [1.54, 1.807) is 0 Å². The van der Waals surface area contributed by atoms with Gasteiger partial charge in [-0.15, -0.1) is 5.10 Å². The van der Waals surface area contributed by atoms with Crippen LogP contribution in [0.1, 0.15) is 16.7 Å².